The molecular weight excluding hydrogens is 224 g/mol. The Kier molecular flexibility index (Phi) is 4.34. The number of carboxylic acid groups (broad SMARTS) is 1. The van der Waals surface area contributed by atoms with Crippen LogP contribution in [0.2, 0.25) is 0 Å². The van der Waals surface area contributed by atoms with Gasteiger partial charge in [0, 0.05) is 13.1 Å². The molecule has 1 rings (SSSR count). The Labute approximate surface area is 101 Å². The van der Waals surface area contributed by atoms with Crippen LogP contribution in [0.25, 0.3) is 0 Å². The van der Waals surface area contributed by atoms with Gasteiger partial charge in [-0.15, -0.1) is 0 Å². The predicted octanol–water partition coefficient (Wildman–Crippen LogP) is 0.527. The van der Waals surface area contributed by atoms with E-state index in [1.54, 1.807) is 0 Å². The van der Waals surface area contributed by atoms with E-state index in [4.69, 9.17) is 9.84 Å². The summed E-state index contributed by atoms with van der Waals surface area (Å²) in [6.45, 7) is 7.26. The van der Waals surface area contributed by atoms with Gasteiger partial charge in [0.05, 0.1) is 13.2 Å². The molecule has 1 aliphatic rings. The molecule has 0 bridgehead atoms. The van der Waals surface area contributed by atoms with Crippen LogP contribution in [0.5, 0.6) is 0 Å². The highest BCUT2D eigenvalue weighted by Crippen LogP contribution is 2.12. The zero-order valence-corrected chi connectivity index (χ0v) is 10.5. The molecule has 0 aliphatic carbocycles. The van der Waals surface area contributed by atoms with Crippen molar-refractivity contribution in [2.45, 2.75) is 26.8 Å². The van der Waals surface area contributed by atoms with Gasteiger partial charge in [-0.1, -0.05) is 20.8 Å². The minimum absolute atomic E-state index is 0.0271. The first kappa shape index (κ1) is 13.8. The SMILES string of the molecule is CC(C)(C)CNC(=O)N1CCOCC1C(=O)O. The third-order valence-corrected chi connectivity index (χ3v) is 2.44. The molecule has 0 radical (unpaired) electrons. The largest absolute Gasteiger partial charge is 0.480 e. The van der Waals surface area contributed by atoms with E-state index in [1.165, 1.54) is 4.90 Å². The monoisotopic (exact) mass is 244 g/mol. The van der Waals surface area contributed by atoms with Crippen LogP contribution in [0.15, 0.2) is 0 Å². The second kappa shape index (κ2) is 5.35. The molecule has 6 nitrogen and oxygen atoms in total. The molecule has 1 heterocycles. The van der Waals surface area contributed by atoms with Crippen LogP contribution in [0.3, 0.4) is 0 Å². The number of carbonyl (C=O) groups excluding carboxylic acids is 1. The topological polar surface area (TPSA) is 78.9 Å². The summed E-state index contributed by atoms with van der Waals surface area (Å²) in [5.74, 6) is -1.03. The highest BCUT2D eigenvalue weighted by Gasteiger charge is 2.32. The van der Waals surface area contributed by atoms with Gasteiger partial charge in [-0.3, -0.25) is 0 Å². The fraction of sp³-hybridized carbons (Fsp3) is 0.818. The van der Waals surface area contributed by atoms with E-state index >= 15 is 0 Å². The second-order valence-corrected chi connectivity index (χ2v) is 5.34. The van der Waals surface area contributed by atoms with E-state index in [0.29, 0.717) is 19.7 Å². The number of ether oxygens (including phenoxy) is 1. The van der Waals surface area contributed by atoms with Crippen LogP contribution in [0.4, 0.5) is 4.79 Å². The fourth-order valence-corrected chi connectivity index (χ4v) is 1.49. The fourth-order valence-electron chi connectivity index (χ4n) is 1.49. The van der Waals surface area contributed by atoms with Crippen LogP contribution in [0.1, 0.15) is 20.8 Å². The number of nitrogens with zero attached hydrogens (tertiary/aromatic N) is 1. The van der Waals surface area contributed by atoms with Crippen molar-refractivity contribution >= 4 is 12.0 Å². The van der Waals surface area contributed by atoms with E-state index in [0.717, 1.165) is 0 Å². The van der Waals surface area contributed by atoms with Crippen molar-refractivity contribution in [3.8, 4) is 0 Å². The van der Waals surface area contributed by atoms with Crippen molar-refractivity contribution in [3.63, 3.8) is 0 Å². The first-order valence-electron chi connectivity index (χ1n) is 5.66. The van der Waals surface area contributed by atoms with E-state index in [2.05, 4.69) is 5.32 Å². The zero-order chi connectivity index (χ0) is 13.1. The van der Waals surface area contributed by atoms with Gasteiger partial charge in [0.2, 0.25) is 0 Å². The average Bonchev–Trinajstić information content (AvgIpc) is 2.25. The lowest BCUT2D eigenvalue weighted by Gasteiger charge is -2.33. The maximum absolute atomic E-state index is 11.9. The van der Waals surface area contributed by atoms with Gasteiger partial charge < -0.3 is 20.1 Å². The van der Waals surface area contributed by atoms with Gasteiger partial charge in [0.25, 0.3) is 0 Å². The number of nitrogens with one attached hydrogen (secondary N) is 1. The smallest absolute Gasteiger partial charge is 0.328 e. The number of hydrogen-bond acceptors (Lipinski definition) is 3. The van der Waals surface area contributed by atoms with Crippen LogP contribution >= 0.6 is 0 Å². The molecule has 1 atom stereocenters. The average molecular weight is 244 g/mol. The summed E-state index contributed by atoms with van der Waals surface area (Å²) in [4.78, 5) is 24.1. The quantitative estimate of drug-likeness (QED) is 0.742. The summed E-state index contributed by atoms with van der Waals surface area (Å²) in [5, 5.41) is 11.7. The summed E-state index contributed by atoms with van der Waals surface area (Å²) < 4.78 is 5.07. The minimum atomic E-state index is -1.03. The van der Waals surface area contributed by atoms with Crippen LogP contribution in [0, 0.1) is 5.41 Å². The number of hydrogen-bond donors (Lipinski definition) is 2. The van der Waals surface area contributed by atoms with Gasteiger partial charge in [-0.2, -0.15) is 0 Å². The molecule has 1 unspecified atom stereocenters. The minimum Gasteiger partial charge on any atom is -0.480 e. The normalized spacial score (nSPS) is 21.1. The molecule has 98 valence electrons. The van der Waals surface area contributed by atoms with Crippen molar-refractivity contribution in [3.05, 3.63) is 0 Å². The molecule has 6 heteroatoms. The zero-order valence-electron chi connectivity index (χ0n) is 10.5. The lowest BCUT2D eigenvalue weighted by molar-refractivity contribution is -0.147. The number of amides is 2. The van der Waals surface area contributed by atoms with Crippen molar-refractivity contribution in [1.82, 2.24) is 10.2 Å². The van der Waals surface area contributed by atoms with Crippen LogP contribution in [-0.2, 0) is 9.53 Å². The molecule has 0 spiro atoms. The van der Waals surface area contributed by atoms with E-state index in [9.17, 15) is 9.59 Å². The standard InChI is InChI=1S/C11H20N2O4/c1-11(2,3)7-12-10(16)13-4-5-17-6-8(13)9(14)15/h8H,4-7H2,1-3H3,(H,12,16)(H,14,15). The molecule has 0 aromatic heterocycles. The van der Waals surface area contributed by atoms with E-state index in [1.807, 2.05) is 20.8 Å². The predicted molar refractivity (Wildman–Crippen MR) is 61.8 cm³/mol. The highest BCUT2D eigenvalue weighted by atomic mass is 16.5. The Balaban J connectivity index is 2.56. The Hall–Kier alpha value is -1.30. The number of rotatable bonds is 2. The summed E-state index contributed by atoms with van der Waals surface area (Å²) in [7, 11) is 0. The third-order valence-electron chi connectivity index (χ3n) is 2.44. The molecule has 2 amide bonds. The summed E-state index contributed by atoms with van der Waals surface area (Å²) >= 11 is 0. The van der Waals surface area contributed by atoms with Crippen molar-refractivity contribution < 1.29 is 19.4 Å². The van der Waals surface area contributed by atoms with Crippen LogP contribution < -0.4 is 5.32 Å². The van der Waals surface area contributed by atoms with E-state index in [-0.39, 0.29) is 18.1 Å². The summed E-state index contributed by atoms with van der Waals surface area (Å²) in [6.07, 6.45) is 0. The Morgan fingerprint density at radius 2 is 2.12 bits per heavy atom. The lowest BCUT2D eigenvalue weighted by Crippen LogP contribution is -2.56. The van der Waals surface area contributed by atoms with Crippen molar-refractivity contribution in [2.75, 3.05) is 26.3 Å². The third kappa shape index (κ3) is 4.22. The molecule has 17 heavy (non-hydrogen) atoms. The van der Waals surface area contributed by atoms with Gasteiger partial charge in [0.15, 0.2) is 6.04 Å². The van der Waals surface area contributed by atoms with Gasteiger partial charge in [-0.05, 0) is 5.41 Å². The summed E-state index contributed by atoms with van der Waals surface area (Å²) in [5.41, 5.74) is -0.0271. The maximum atomic E-state index is 11.9. The van der Waals surface area contributed by atoms with Crippen molar-refractivity contribution in [1.29, 1.82) is 0 Å². The van der Waals surface area contributed by atoms with E-state index < -0.39 is 12.0 Å². The van der Waals surface area contributed by atoms with Gasteiger partial charge in [0.1, 0.15) is 0 Å². The second-order valence-electron chi connectivity index (χ2n) is 5.34. The Morgan fingerprint density at radius 1 is 1.47 bits per heavy atom. The molecule has 0 saturated carbocycles. The maximum Gasteiger partial charge on any atom is 0.328 e. The molecule has 0 aromatic rings. The molecule has 1 aliphatic heterocycles. The number of morpholine rings is 1. The molecule has 1 saturated heterocycles. The Morgan fingerprint density at radius 3 is 2.65 bits per heavy atom. The molecule has 2 N–H and O–H groups in total. The number of urea groups is 1. The highest BCUT2D eigenvalue weighted by molar-refractivity contribution is 5.83. The summed E-state index contributed by atoms with van der Waals surface area (Å²) in [6, 6.07) is -1.22. The first-order valence-corrected chi connectivity index (χ1v) is 5.66. The van der Waals surface area contributed by atoms with Crippen LogP contribution in [-0.4, -0.2) is 54.4 Å². The molecule has 0 aromatic carbocycles. The number of carbonyl (C=O) groups is 2. The molecular formula is C11H20N2O4. The van der Waals surface area contributed by atoms with Gasteiger partial charge >= 0.3 is 12.0 Å². The molecule has 1 fully saturated rings. The Bertz CT molecular complexity index is 298. The number of aliphatic carboxylic acids is 1. The van der Waals surface area contributed by atoms with Gasteiger partial charge in [-0.25, -0.2) is 9.59 Å². The van der Waals surface area contributed by atoms with Crippen molar-refractivity contribution in [2.24, 2.45) is 5.41 Å². The lowest BCUT2D eigenvalue weighted by atomic mass is 9.97. The first-order chi connectivity index (χ1) is 7.81. The number of carboxylic acids is 1.